The van der Waals surface area contributed by atoms with Crippen molar-refractivity contribution in [2.24, 2.45) is 0 Å². The van der Waals surface area contributed by atoms with Crippen LogP contribution in [0.15, 0.2) is 65.3 Å². The first-order valence-electron chi connectivity index (χ1n) is 10.1. The molecule has 0 saturated heterocycles. The zero-order valence-corrected chi connectivity index (χ0v) is 17.8. The molecule has 4 aromatic heterocycles. The van der Waals surface area contributed by atoms with Crippen LogP contribution in [0.5, 0.6) is 0 Å². The van der Waals surface area contributed by atoms with Gasteiger partial charge in [0, 0.05) is 22.8 Å². The third kappa shape index (κ3) is 3.62. The summed E-state index contributed by atoms with van der Waals surface area (Å²) >= 11 is 0. The average Bonchev–Trinajstić information content (AvgIpc) is 3.42. The summed E-state index contributed by atoms with van der Waals surface area (Å²) in [5, 5.41) is 8.19. The Labute approximate surface area is 184 Å². The fraction of sp³-hybridized carbons (Fsp3) is 0.125. The highest BCUT2D eigenvalue weighted by Gasteiger charge is 2.18. The van der Waals surface area contributed by atoms with Crippen LogP contribution in [0.25, 0.3) is 28.3 Å². The molecular weight excluding hydrogens is 404 g/mol. The van der Waals surface area contributed by atoms with E-state index in [1.807, 2.05) is 57.2 Å². The van der Waals surface area contributed by atoms with Gasteiger partial charge in [-0.25, -0.2) is 15.0 Å². The number of aryl methyl sites for hydroxylation is 3. The second kappa shape index (κ2) is 7.73. The molecular formula is C24H20N6O2. The maximum absolute atomic E-state index is 13.4. The molecule has 5 rings (SSSR count). The van der Waals surface area contributed by atoms with Crippen LogP contribution in [-0.4, -0.2) is 30.6 Å². The monoisotopic (exact) mass is 424 g/mol. The van der Waals surface area contributed by atoms with Gasteiger partial charge in [0.05, 0.1) is 23.0 Å². The van der Waals surface area contributed by atoms with E-state index in [1.165, 1.54) is 0 Å². The number of benzene rings is 1. The first-order chi connectivity index (χ1) is 15.5. The zero-order chi connectivity index (χ0) is 22.2. The van der Waals surface area contributed by atoms with Gasteiger partial charge in [0.15, 0.2) is 5.76 Å². The van der Waals surface area contributed by atoms with E-state index in [0.717, 1.165) is 22.5 Å². The molecule has 0 aliphatic heterocycles. The number of nitrogens with one attached hydrogen (secondary N) is 1. The standard InChI is InChI=1S/C24H20N6O2/c1-14-11-15(2)26-24(25-14)30-22(12-16(3)29-30)28-23(31)18-13-20(21-9-6-10-32-21)27-19-8-5-4-7-17(18)19/h4-13H,1-3H3,(H,28,31). The normalized spacial score (nSPS) is 11.1. The number of hydrogen-bond donors (Lipinski definition) is 1. The fourth-order valence-electron chi connectivity index (χ4n) is 3.64. The van der Waals surface area contributed by atoms with Crippen LogP contribution < -0.4 is 5.32 Å². The van der Waals surface area contributed by atoms with Crippen molar-refractivity contribution < 1.29 is 9.21 Å². The van der Waals surface area contributed by atoms with Gasteiger partial charge in [-0.3, -0.25) is 4.79 Å². The molecule has 32 heavy (non-hydrogen) atoms. The van der Waals surface area contributed by atoms with Crippen LogP contribution in [0.3, 0.4) is 0 Å². The summed E-state index contributed by atoms with van der Waals surface area (Å²) in [6, 6.07) is 16.5. The second-order valence-electron chi connectivity index (χ2n) is 7.54. The average molecular weight is 424 g/mol. The van der Waals surface area contributed by atoms with E-state index in [2.05, 4.69) is 25.4 Å². The van der Waals surface area contributed by atoms with Gasteiger partial charge < -0.3 is 9.73 Å². The van der Waals surface area contributed by atoms with Gasteiger partial charge in [-0.05, 0) is 51.1 Å². The summed E-state index contributed by atoms with van der Waals surface area (Å²) in [4.78, 5) is 27.0. The van der Waals surface area contributed by atoms with Crippen LogP contribution in [0.2, 0.25) is 0 Å². The Balaban J connectivity index is 1.58. The van der Waals surface area contributed by atoms with E-state index in [9.17, 15) is 4.79 Å². The van der Waals surface area contributed by atoms with Gasteiger partial charge in [0.2, 0.25) is 0 Å². The lowest BCUT2D eigenvalue weighted by Crippen LogP contribution is -2.17. The van der Waals surface area contributed by atoms with Crippen LogP contribution in [0, 0.1) is 20.8 Å². The summed E-state index contributed by atoms with van der Waals surface area (Å²) in [5.41, 5.74) is 4.14. The lowest BCUT2D eigenvalue weighted by molar-refractivity contribution is 0.102. The Morgan fingerprint density at radius 2 is 1.69 bits per heavy atom. The number of nitrogens with zero attached hydrogens (tertiary/aromatic N) is 5. The molecule has 8 nitrogen and oxygen atoms in total. The van der Waals surface area contributed by atoms with Crippen molar-refractivity contribution in [1.82, 2.24) is 24.7 Å². The van der Waals surface area contributed by atoms with Gasteiger partial charge in [0.1, 0.15) is 11.5 Å². The highest BCUT2D eigenvalue weighted by atomic mass is 16.3. The highest BCUT2D eigenvalue weighted by Crippen LogP contribution is 2.26. The molecule has 158 valence electrons. The minimum Gasteiger partial charge on any atom is -0.463 e. The number of hydrogen-bond acceptors (Lipinski definition) is 6. The van der Waals surface area contributed by atoms with Crippen molar-refractivity contribution in [1.29, 1.82) is 0 Å². The molecule has 1 N–H and O–H groups in total. The molecule has 0 aliphatic rings. The number of furan rings is 1. The Bertz CT molecular complexity index is 1430. The molecule has 1 aromatic carbocycles. The van der Waals surface area contributed by atoms with Gasteiger partial charge in [0.25, 0.3) is 11.9 Å². The molecule has 0 atom stereocenters. The summed E-state index contributed by atoms with van der Waals surface area (Å²) in [7, 11) is 0. The molecule has 0 aliphatic carbocycles. The van der Waals surface area contributed by atoms with Gasteiger partial charge >= 0.3 is 0 Å². The lowest BCUT2D eigenvalue weighted by Gasteiger charge is -2.11. The largest absolute Gasteiger partial charge is 0.463 e. The Hall–Kier alpha value is -4.33. The SMILES string of the molecule is Cc1cc(C)nc(-n2nc(C)cc2NC(=O)c2cc(-c3ccco3)nc3ccccc23)n1. The molecule has 0 spiro atoms. The summed E-state index contributed by atoms with van der Waals surface area (Å²) in [6.07, 6.45) is 1.58. The number of pyridine rings is 1. The molecule has 0 saturated carbocycles. The van der Waals surface area contributed by atoms with E-state index in [1.54, 1.807) is 29.1 Å². The first kappa shape index (κ1) is 19.6. The maximum atomic E-state index is 13.4. The molecule has 0 radical (unpaired) electrons. The van der Waals surface area contributed by atoms with Gasteiger partial charge in [-0.2, -0.15) is 9.78 Å². The third-order valence-corrected chi connectivity index (χ3v) is 4.97. The smallest absolute Gasteiger partial charge is 0.257 e. The van der Waals surface area contributed by atoms with Crippen LogP contribution >= 0.6 is 0 Å². The highest BCUT2D eigenvalue weighted by molar-refractivity contribution is 6.12. The molecule has 1 amide bonds. The van der Waals surface area contributed by atoms with Crippen LogP contribution in [0.1, 0.15) is 27.4 Å². The van der Waals surface area contributed by atoms with Crippen molar-refractivity contribution in [2.45, 2.75) is 20.8 Å². The van der Waals surface area contributed by atoms with E-state index in [4.69, 9.17) is 4.42 Å². The predicted molar refractivity (Wildman–Crippen MR) is 121 cm³/mol. The fourth-order valence-corrected chi connectivity index (χ4v) is 3.64. The topological polar surface area (TPSA) is 98.7 Å². The third-order valence-electron chi connectivity index (χ3n) is 4.97. The van der Waals surface area contributed by atoms with Crippen molar-refractivity contribution in [3.8, 4) is 17.4 Å². The predicted octanol–water partition coefficient (Wildman–Crippen LogP) is 4.65. The number of para-hydroxylation sites is 1. The number of anilines is 1. The number of rotatable bonds is 4. The lowest BCUT2D eigenvalue weighted by atomic mass is 10.1. The molecule has 0 bridgehead atoms. The summed E-state index contributed by atoms with van der Waals surface area (Å²) < 4.78 is 7.04. The number of fused-ring (bicyclic) bond motifs is 1. The minimum atomic E-state index is -0.290. The van der Waals surface area contributed by atoms with Crippen LogP contribution in [0.4, 0.5) is 5.82 Å². The maximum Gasteiger partial charge on any atom is 0.257 e. The molecule has 5 aromatic rings. The minimum absolute atomic E-state index is 0.290. The molecule has 0 unspecified atom stereocenters. The summed E-state index contributed by atoms with van der Waals surface area (Å²) in [5.74, 6) is 1.19. The molecule has 0 fully saturated rings. The second-order valence-corrected chi connectivity index (χ2v) is 7.54. The quantitative estimate of drug-likeness (QED) is 0.451. The number of carbonyl (C=O) groups excluding carboxylic acids is 1. The van der Waals surface area contributed by atoms with Crippen molar-refractivity contribution in [3.63, 3.8) is 0 Å². The van der Waals surface area contributed by atoms with Crippen molar-refractivity contribution in [3.05, 3.63) is 83.5 Å². The van der Waals surface area contributed by atoms with E-state index < -0.39 is 0 Å². The Morgan fingerprint density at radius 3 is 2.44 bits per heavy atom. The zero-order valence-electron chi connectivity index (χ0n) is 17.8. The molecule has 8 heteroatoms. The Kier molecular flexibility index (Phi) is 4.74. The summed E-state index contributed by atoms with van der Waals surface area (Å²) in [6.45, 7) is 5.64. The van der Waals surface area contributed by atoms with Crippen LogP contribution in [-0.2, 0) is 0 Å². The number of amides is 1. The molecule has 4 heterocycles. The van der Waals surface area contributed by atoms with Crippen molar-refractivity contribution in [2.75, 3.05) is 5.32 Å². The van der Waals surface area contributed by atoms with E-state index >= 15 is 0 Å². The van der Waals surface area contributed by atoms with Crippen molar-refractivity contribution >= 4 is 22.6 Å². The number of carbonyl (C=O) groups is 1. The Morgan fingerprint density at radius 1 is 0.906 bits per heavy atom. The van der Waals surface area contributed by atoms with E-state index in [0.29, 0.717) is 34.3 Å². The number of aromatic nitrogens is 5. The van der Waals surface area contributed by atoms with Gasteiger partial charge in [-0.1, -0.05) is 18.2 Å². The van der Waals surface area contributed by atoms with E-state index in [-0.39, 0.29) is 5.91 Å². The first-order valence-corrected chi connectivity index (χ1v) is 10.1. The van der Waals surface area contributed by atoms with Gasteiger partial charge in [-0.15, -0.1) is 0 Å².